The molecule has 0 amide bonds. The lowest BCUT2D eigenvalue weighted by Gasteiger charge is -2.16. The van der Waals surface area contributed by atoms with E-state index in [2.05, 4.69) is 8.80 Å². The van der Waals surface area contributed by atoms with Crippen LogP contribution in [-0.4, -0.2) is 40.8 Å². The lowest BCUT2D eigenvalue weighted by molar-refractivity contribution is 0.602. The average molecular weight is 347 g/mol. The molecular weight excluding hydrogens is 336 g/mol. The van der Waals surface area contributed by atoms with Crippen LogP contribution >= 0.6 is 11.6 Å². The molecule has 6 nitrogen and oxygen atoms in total. The minimum absolute atomic E-state index is 0.0153. The van der Waals surface area contributed by atoms with Crippen LogP contribution < -0.4 is 0 Å². The Balaban J connectivity index is 2.79. The highest BCUT2D eigenvalue weighted by Crippen LogP contribution is 2.25. The van der Waals surface area contributed by atoms with Crippen molar-refractivity contribution in [2.45, 2.75) is 0 Å². The first-order valence-corrected chi connectivity index (χ1v) is 9.71. The Morgan fingerprint density at radius 3 is 1.95 bits per heavy atom. The van der Waals surface area contributed by atoms with Gasteiger partial charge in [0.2, 0.25) is 0 Å². The van der Waals surface area contributed by atoms with Crippen LogP contribution in [0.1, 0.15) is 11.1 Å². The number of hydrogen-bond donors (Lipinski definition) is 0. The molecule has 0 aliphatic heterocycles. The van der Waals surface area contributed by atoms with Gasteiger partial charge < -0.3 is 0 Å². The molecule has 0 bridgehead atoms. The van der Waals surface area contributed by atoms with E-state index in [1.165, 1.54) is 6.08 Å². The molecule has 21 heavy (non-hydrogen) atoms. The average Bonchev–Trinajstić information content (AvgIpc) is 2.31. The summed E-state index contributed by atoms with van der Waals surface area (Å²) in [5.41, 5.74) is 1.08. The first-order valence-electron chi connectivity index (χ1n) is 5.64. The summed E-state index contributed by atoms with van der Waals surface area (Å²) in [7, 11) is -7.26. The fourth-order valence-corrected chi connectivity index (χ4v) is 3.15. The fourth-order valence-electron chi connectivity index (χ4n) is 1.82. The lowest BCUT2D eigenvalue weighted by atomic mass is 9.94. The van der Waals surface area contributed by atoms with Crippen molar-refractivity contribution in [3.8, 4) is 0 Å². The molecule has 1 aromatic rings. The monoisotopic (exact) mass is 346 g/mol. The van der Waals surface area contributed by atoms with Crippen molar-refractivity contribution in [1.29, 1.82) is 0 Å². The smallest absolute Gasteiger partial charge is 0.205 e. The van der Waals surface area contributed by atoms with Crippen molar-refractivity contribution in [2.75, 3.05) is 12.5 Å². The maximum absolute atomic E-state index is 11.4. The SMILES string of the molecule is CS(=O)(=O)/N=C1C=C(Cl)/C(=N/S(C)(=O)=O)c2ccccc2\1. The fraction of sp³-hybridized carbons (Fsp3) is 0.167. The van der Waals surface area contributed by atoms with Crippen LogP contribution in [0, 0.1) is 0 Å². The number of hydrogen-bond acceptors (Lipinski definition) is 4. The Kier molecular flexibility index (Phi) is 4.05. The van der Waals surface area contributed by atoms with Gasteiger partial charge in [0.15, 0.2) is 0 Å². The van der Waals surface area contributed by atoms with Crippen LogP contribution in [0.5, 0.6) is 0 Å². The van der Waals surface area contributed by atoms with E-state index in [9.17, 15) is 16.8 Å². The number of allylic oxidation sites excluding steroid dienone is 2. The van der Waals surface area contributed by atoms with Crippen molar-refractivity contribution in [3.05, 3.63) is 46.5 Å². The zero-order chi connectivity index (χ0) is 15.8. The zero-order valence-corrected chi connectivity index (χ0v) is 13.5. The summed E-state index contributed by atoms with van der Waals surface area (Å²) in [5, 5.41) is 0.0153. The summed E-state index contributed by atoms with van der Waals surface area (Å²) in [6.45, 7) is 0. The quantitative estimate of drug-likeness (QED) is 0.807. The second kappa shape index (κ2) is 5.36. The van der Waals surface area contributed by atoms with Crippen molar-refractivity contribution in [1.82, 2.24) is 0 Å². The molecule has 0 atom stereocenters. The predicted molar refractivity (Wildman–Crippen MR) is 83.1 cm³/mol. The summed E-state index contributed by atoms with van der Waals surface area (Å²) >= 11 is 6.03. The highest BCUT2D eigenvalue weighted by molar-refractivity contribution is 7.89. The molecule has 9 heteroatoms. The minimum Gasteiger partial charge on any atom is -0.205 e. The van der Waals surface area contributed by atoms with Crippen LogP contribution in [0.4, 0.5) is 0 Å². The maximum atomic E-state index is 11.4. The van der Waals surface area contributed by atoms with Gasteiger partial charge in [-0.2, -0.15) is 8.80 Å². The number of benzene rings is 1. The van der Waals surface area contributed by atoms with E-state index in [1.807, 2.05) is 0 Å². The largest absolute Gasteiger partial charge is 0.250 e. The molecular formula is C12H11ClN2O4S2. The van der Waals surface area contributed by atoms with Crippen LogP contribution in [0.15, 0.2) is 44.2 Å². The van der Waals surface area contributed by atoms with Gasteiger partial charge in [0.1, 0.15) is 5.71 Å². The molecule has 112 valence electrons. The van der Waals surface area contributed by atoms with Gasteiger partial charge in [0.05, 0.1) is 23.3 Å². The number of fused-ring (bicyclic) bond motifs is 1. The van der Waals surface area contributed by atoms with Crippen LogP contribution in [0.25, 0.3) is 0 Å². The standard InChI is InChI=1S/C12H11ClN2O4S2/c1-20(16,17)14-11-7-10(13)12(15-21(2,18)19)9-6-4-3-5-8(9)11/h3-7H,1-2H3/b14-11+,15-12+. The number of nitrogens with zero attached hydrogens (tertiary/aromatic N) is 2. The summed E-state index contributed by atoms with van der Waals surface area (Å²) in [6.07, 6.45) is 3.20. The Morgan fingerprint density at radius 1 is 0.905 bits per heavy atom. The summed E-state index contributed by atoms with van der Waals surface area (Å²) in [6, 6.07) is 6.58. The van der Waals surface area contributed by atoms with Gasteiger partial charge in [-0.3, -0.25) is 0 Å². The zero-order valence-electron chi connectivity index (χ0n) is 11.1. The van der Waals surface area contributed by atoms with Crippen LogP contribution in [0.3, 0.4) is 0 Å². The second-order valence-electron chi connectivity index (χ2n) is 4.42. The van der Waals surface area contributed by atoms with Crippen molar-refractivity contribution in [3.63, 3.8) is 0 Å². The summed E-state index contributed by atoms with van der Waals surface area (Å²) < 4.78 is 52.6. The predicted octanol–water partition coefficient (Wildman–Crippen LogP) is 1.32. The van der Waals surface area contributed by atoms with Crippen LogP contribution in [0.2, 0.25) is 0 Å². The minimum atomic E-state index is -3.65. The van der Waals surface area contributed by atoms with E-state index < -0.39 is 20.0 Å². The molecule has 0 radical (unpaired) electrons. The third-order valence-electron chi connectivity index (χ3n) is 2.47. The molecule has 0 spiro atoms. The van der Waals surface area contributed by atoms with Gasteiger partial charge in [-0.1, -0.05) is 35.9 Å². The lowest BCUT2D eigenvalue weighted by Crippen LogP contribution is -2.18. The Morgan fingerprint density at radius 2 is 1.43 bits per heavy atom. The Hall–Kier alpha value is -1.51. The molecule has 0 N–H and O–H groups in total. The highest BCUT2D eigenvalue weighted by Gasteiger charge is 2.23. The van der Waals surface area contributed by atoms with Gasteiger partial charge >= 0.3 is 0 Å². The molecule has 1 aliphatic carbocycles. The maximum Gasteiger partial charge on any atom is 0.250 e. The summed E-state index contributed by atoms with van der Waals surface area (Å²) in [4.78, 5) is 0. The van der Waals surface area contributed by atoms with Crippen LogP contribution in [-0.2, 0) is 20.0 Å². The van der Waals surface area contributed by atoms with Gasteiger partial charge in [-0.15, -0.1) is 0 Å². The highest BCUT2D eigenvalue weighted by atomic mass is 35.5. The number of sulfonamides is 2. The second-order valence-corrected chi connectivity index (χ2v) is 8.12. The molecule has 1 aliphatic rings. The van der Waals surface area contributed by atoms with E-state index >= 15 is 0 Å². The molecule has 0 heterocycles. The molecule has 0 aromatic heterocycles. The molecule has 0 fully saturated rings. The van der Waals surface area contributed by atoms with Crippen molar-refractivity contribution in [2.24, 2.45) is 8.80 Å². The summed E-state index contributed by atoms with van der Waals surface area (Å²) in [5.74, 6) is 0. The Bertz CT molecular complexity index is 897. The first-order chi connectivity index (χ1) is 9.57. The third-order valence-corrected chi connectivity index (χ3v) is 3.80. The van der Waals surface area contributed by atoms with E-state index in [4.69, 9.17) is 11.6 Å². The molecule has 1 aromatic carbocycles. The molecule has 0 saturated carbocycles. The van der Waals surface area contributed by atoms with Gasteiger partial charge in [-0.05, 0) is 6.08 Å². The molecule has 2 rings (SSSR count). The number of rotatable bonds is 2. The third kappa shape index (κ3) is 3.99. The van der Waals surface area contributed by atoms with E-state index in [1.54, 1.807) is 24.3 Å². The van der Waals surface area contributed by atoms with Gasteiger partial charge in [-0.25, -0.2) is 16.8 Å². The van der Waals surface area contributed by atoms with E-state index in [0.29, 0.717) is 11.1 Å². The molecule has 0 unspecified atom stereocenters. The van der Waals surface area contributed by atoms with E-state index in [0.717, 1.165) is 12.5 Å². The van der Waals surface area contributed by atoms with Gasteiger partial charge in [0, 0.05) is 11.1 Å². The first kappa shape index (κ1) is 15.9. The molecule has 0 saturated heterocycles. The van der Waals surface area contributed by atoms with E-state index in [-0.39, 0.29) is 16.5 Å². The normalized spacial score (nSPS) is 19.5. The topological polar surface area (TPSA) is 93.0 Å². The van der Waals surface area contributed by atoms with Crippen molar-refractivity contribution < 1.29 is 16.8 Å². The number of halogens is 1. The van der Waals surface area contributed by atoms with Crippen molar-refractivity contribution >= 4 is 43.1 Å². The Labute approximate surface area is 128 Å². The van der Waals surface area contributed by atoms with Gasteiger partial charge in [0.25, 0.3) is 20.0 Å².